The Kier molecular flexibility index (Phi) is 10.6. The molecule has 0 aromatic heterocycles. The summed E-state index contributed by atoms with van der Waals surface area (Å²) < 4.78 is 44.3. The van der Waals surface area contributed by atoms with Crippen molar-refractivity contribution in [1.29, 1.82) is 0 Å². The van der Waals surface area contributed by atoms with Crippen molar-refractivity contribution >= 4 is 0 Å². The van der Waals surface area contributed by atoms with Crippen molar-refractivity contribution in [2.45, 2.75) is 61.6 Å². The monoisotopic (exact) mass is 584 g/mol. The van der Waals surface area contributed by atoms with Gasteiger partial charge in [0, 0.05) is 7.11 Å². The number of ether oxygens (including phenoxy) is 8. The number of phenolic OH excluding ortho intramolecular Hbond substituents is 1. The van der Waals surface area contributed by atoms with Crippen molar-refractivity contribution in [3.8, 4) is 23.0 Å². The molecule has 6 N–H and O–H groups in total. The van der Waals surface area contributed by atoms with Gasteiger partial charge in [-0.25, -0.2) is 0 Å². The van der Waals surface area contributed by atoms with Crippen LogP contribution in [0.15, 0.2) is 42.5 Å². The third-order valence-electron chi connectivity index (χ3n) is 6.80. The second kappa shape index (κ2) is 13.9. The first kappa shape index (κ1) is 31.2. The lowest BCUT2D eigenvalue weighted by atomic mass is 10.0. The number of rotatable bonds is 12. The van der Waals surface area contributed by atoms with Crippen LogP contribution in [-0.2, 0) is 23.7 Å². The number of aromatic hydroxyl groups is 1. The third kappa shape index (κ3) is 6.84. The van der Waals surface area contributed by atoms with Gasteiger partial charge in [0.05, 0.1) is 27.4 Å². The lowest BCUT2D eigenvalue weighted by molar-refractivity contribution is -0.314. The average molecular weight is 585 g/mol. The number of methoxy groups -OCH3 is 3. The van der Waals surface area contributed by atoms with Gasteiger partial charge in [-0.3, -0.25) is 0 Å². The highest BCUT2D eigenvalue weighted by Gasteiger charge is 2.50. The molecule has 14 heteroatoms. The van der Waals surface area contributed by atoms with E-state index in [9.17, 15) is 30.6 Å². The second-order valence-electron chi connectivity index (χ2n) is 9.43. The molecule has 2 heterocycles. The smallest absolute Gasteiger partial charge is 0.190 e. The molecule has 14 nitrogen and oxygen atoms in total. The molecule has 2 aromatic carbocycles. The summed E-state index contributed by atoms with van der Waals surface area (Å²) in [4.78, 5) is 0. The van der Waals surface area contributed by atoms with Crippen molar-refractivity contribution < 1.29 is 68.5 Å². The van der Waals surface area contributed by atoms with Crippen LogP contribution < -0.4 is 14.2 Å². The Labute approximate surface area is 236 Å². The summed E-state index contributed by atoms with van der Waals surface area (Å²) >= 11 is 0. The van der Waals surface area contributed by atoms with E-state index in [1.54, 1.807) is 24.3 Å². The van der Waals surface area contributed by atoms with Gasteiger partial charge in [-0.2, -0.15) is 0 Å². The van der Waals surface area contributed by atoms with E-state index in [1.807, 2.05) is 0 Å². The number of aliphatic hydroxyl groups excluding tert-OH is 5. The van der Waals surface area contributed by atoms with Gasteiger partial charge in [-0.1, -0.05) is 18.2 Å². The first-order valence-electron chi connectivity index (χ1n) is 12.8. The number of para-hydroxylation sites is 2. The van der Waals surface area contributed by atoms with Gasteiger partial charge in [0.15, 0.2) is 48.0 Å². The molecule has 0 spiro atoms. The summed E-state index contributed by atoms with van der Waals surface area (Å²) in [5, 5.41) is 62.7. The zero-order valence-corrected chi connectivity index (χ0v) is 22.7. The normalized spacial score (nSPS) is 31.4. The van der Waals surface area contributed by atoms with Crippen LogP contribution in [0, 0.1) is 0 Å². The second-order valence-corrected chi connectivity index (χ2v) is 9.43. The minimum Gasteiger partial charge on any atom is -0.504 e. The average Bonchev–Trinajstić information content (AvgIpc) is 3.25. The fourth-order valence-electron chi connectivity index (χ4n) is 4.61. The van der Waals surface area contributed by atoms with Crippen molar-refractivity contribution in [1.82, 2.24) is 0 Å². The first-order chi connectivity index (χ1) is 19.7. The number of hydrogen-bond acceptors (Lipinski definition) is 14. The van der Waals surface area contributed by atoms with Gasteiger partial charge in [0.1, 0.15) is 36.6 Å². The lowest BCUT2D eigenvalue weighted by Gasteiger charge is -2.38. The van der Waals surface area contributed by atoms with Gasteiger partial charge < -0.3 is 68.5 Å². The number of hydrogen-bond donors (Lipinski definition) is 6. The molecule has 2 aromatic rings. The summed E-state index contributed by atoms with van der Waals surface area (Å²) in [7, 11) is 4.12. The maximum absolute atomic E-state index is 10.8. The van der Waals surface area contributed by atoms with Crippen LogP contribution in [0.1, 0.15) is 11.7 Å². The summed E-state index contributed by atoms with van der Waals surface area (Å²) in [5.41, 5.74) is 0.362. The molecule has 0 bridgehead atoms. The van der Waals surface area contributed by atoms with Crippen molar-refractivity contribution in [2.75, 3.05) is 34.5 Å². The standard InChI is InChI=1S/C27H36O14/c1-34-16-6-4-5-7-17(16)38-19(11-28)23(13-8-9-14(29)18(10-13)35-2)39-26-20(31)21(32)27(41-26)40-24-15(30)12-37-25(36-3)22(24)33/h4-10,15,19-33H,11-12H2,1-3H3/t15-,19?,20-,21-,22-,23?,24+,25-,26-,27-/m1/s1. The first-order valence-corrected chi connectivity index (χ1v) is 12.8. The molecular weight excluding hydrogens is 548 g/mol. The minimum atomic E-state index is -1.65. The Morgan fingerprint density at radius 2 is 1.54 bits per heavy atom. The Morgan fingerprint density at radius 1 is 0.854 bits per heavy atom. The van der Waals surface area contributed by atoms with Crippen LogP contribution in [-0.4, -0.2) is 121 Å². The van der Waals surface area contributed by atoms with Crippen LogP contribution in [0.3, 0.4) is 0 Å². The van der Waals surface area contributed by atoms with E-state index in [0.717, 1.165) is 0 Å². The highest BCUT2D eigenvalue weighted by Crippen LogP contribution is 2.38. The molecule has 0 radical (unpaired) electrons. The number of aliphatic hydroxyl groups is 5. The summed E-state index contributed by atoms with van der Waals surface area (Å²) in [6.45, 7) is -0.787. The van der Waals surface area contributed by atoms with Gasteiger partial charge in [-0.05, 0) is 29.8 Å². The topological polar surface area (TPSA) is 195 Å². The molecule has 4 rings (SSSR count). The van der Waals surface area contributed by atoms with Crippen LogP contribution in [0.5, 0.6) is 23.0 Å². The predicted molar refractivity (Wildman–Crippen MR) is 137 cm³/mol. The molecule has 228 valence electrons. The molecule has 2 unspecified atom stereocenters. The molecule has 0 saturated carbocycles. The van der Waals surface area contributed by atoms with Crippen LogP contribution >= 0.6 is 0 Å². The van der Waals surface area contributed by atoms with Gasteiger partial charge in [0.25, 0.3) is 0 Å². The molecule has 10 atom stereocenters. The van der Waals surface area contributed by atoms with Crippen molar-refractivity contribution in [3.63, 3.8) is 0 Å². The fraction of sp³-hybridized carbons (Fsp3) is 0.556. The van der Waals surface area contributed by atoms with E-state index in [2.05, 4.69) is 0 Å². The Hall–Kier alpha value is -2.76. The molecule has 41 heavy (non-hydrogen) atoms. The maximum atomic E-state index is 10.8. The molecule has 2 fully saturated rings. The van der Waals surface area contributed by atoms with Crippen LogP contribution in [0.4, 0.5) is 0 Å². The minimum absolute atomic E-state index is 0.106. The highest BCUT2D eigenvalue weighted by atomic mass is 16.8. The van der Waals surface area contributed by atoms with Crippen molar-refractivity contribution in [2.24, 2.45) is 0 Å². The number of phenols is 1. The summed E-state index contributed by atoms with van der Waals surface area (Å²) in [6, 6.07) is 11.1. The summed E-state index contributed by atoms with van der Waals surface area (Å²) in [6.07, 6.45) is -13.7. The van der Waals surface area contributed by atoms with Gasteiger partial charge in [0.2, 0.25) is 0 Å². The van der Waals surface area contributed by atoms with Crippen molar-refractivity contribution in [3.05, 3.63) is 48.0 Å². The Morgan fingerprint density at radius 3 is 2.20 bits per heavy atom. The lowest BCUT2D eigenvalue weighted by Crippen LogP contribution is -2.56. The van der Waals surface area contributed by atoms with E-state index in [4.69, 9.17) is 37.9 Å². The molecule has 0 amide bonds. The molecular formula is C27H36O14. The predicted octanol–water partition coefficient (Wildman–Crippen LogP) is -0.579. The highest BCUT2D eigenvalue weighted by molar-refractivity contribution is 5.43. The molecule has 2 aliphatic heterocycles. The van der Waals surface area contributed by atoms with E-state index >= 15 is 0 Å². The molecule has 2 aliphatic rings. The largest absolute Gasteiger partial charge is 0.504 e. The Balaban J connectivity index is 1.59. The molecule has 2 saturated heterocycles. The zero-order chi connectivity index (χ0) is 29.7. The molecule has 0 aliphatic carbocycles. The third-order valence-corrected chi connectivity index (χ3v) is 6.80. The summed E-state index contributed by atoms with van der Waals surface area (Å²) in [5.74, 6) is 0.634. The van der Waals surface area contributed by atoms with Gasteiger partial charge >= 0.3 is 0 Å². The van der Waals surface area contributed by atoms with E-state index in [1.165, 1.54) is 39.5 Å². The van der Waals surface area contributed by atoms with Crippen LogP contribution in [0.2, 0.25) is 0 Å². The maximum Gasteiger partial charge on any atom is 0.190 e. The Bertz CT molecular complexity index is 1120. The zero-order valence-electron chi connectivity index (χ0n) is 22.7. The van der Waals surface area contributed by atoms with Crippen LogP contribution in [0.25, 0.3) is 0 Å². The SMILES string of the molecule is COc1cc(C(O[C@@H]2O[C@@H](O[C@@H]3[C@@H](O)[C@H](OC)OC[C@H]3O)[C@H](O)[C@H]2O)C(CO)Oc2ccccc2OC)ccc1O. The fourth-order valence-corrected chi connectivity index (χ4v) is 4.61. The van der Waals surface area contributed by atoms with E-state index in [0.29, 0.717) is 11.3 Å². The van der Waals surface area contributed by atoms with E-state index in [-0.39, 0.29) is 23.9 Å². The van der Waals surface area contributed by atoms with Gasteiger partial charge in [-0.15, -0.1) is 0 Å². The quantitative estimate of drug-likeness (QED) is 0.185. The van der Waals surface area contributed by atoms with E-state index < -0.39 is 68.2 Å². The number of benzene rings is 2.